The van der Waals surface area contributed by atoms with E-state index in [2.05, 4.69) is 29.7 Å². The summed E-state index contributed by atoms with van der Waals surface area (Å²) in [4.78, 5) is 11.1. The van der Waals surface area contributed by atoms with Gasteiger partial charge < -0.3 is 15.4 Å². The summed E-state index contributed by atoms with van der Waals surface area (Å²) < 4.78 is 6.03. The van der Waals surface area contributed by atoms with Crippen LogP contribution in [0.25, 0.3) is 0 Å². The number of benzene rings is 1. The van der Waals surface area contributed by atoms with Crippen LogP contribution >= 0.6 is 0 Å². The van der Waals surface area contributed by atoms with Crippen molar-refractivity contribution in [1.82, 2.24) is 5.32 Å². The Hall–Kier alpha value is -1.39. The number of anilines is 1. The molecule has 1 atom stereocenters. The molecule has 0 saturated carbocycles. The van der Waals surface area contributed by atoms with Crippen molar-refractivity contribution < 1.29 is 9.53 Å². The van der Waals surface area contributed by atoms with Gasteiger partial charge in [0.2, 0.25) is 0 Å². The van der Waals surface area contributed by atoms with Crippen LogP contribution in [0.2, 0.25) is 0 Å². The molecule has 0 aliphatic carbocycles. The van der Waals surface area contributed by atoms with Crippen LogP contribution in [0.4, 0.5) is 5.69 Å². The quantitative estimate of drug-likeness (QED) is 0.738. The fourth-order valence-corrected chi connectivity index (χ4v) is 2.93. The van der Waals surface area contributed by atoms with Gasteiger partial charge in [-0.3, -0.25) is 4.79 Å². The fraction of sp³-hybridized carbons (Fsp3) is 0.500. The van der Waals surface area contributed by atoms with E-state index in [0.717, 1.165) is 37.9 Å². The molecule has 2 aliphatic heterocycles. The minimum atomic E-state index is -0.529. The average molecular weight is 246 g/mol. The molecule has 0 radical (unpaired) electrons. The van der Waals surface area contributed by atoms with Crippen molar-refractivity contribution in [3.05, 3.63) is 29.3 Å². The first-order valence-corrected chi connectivity index (χ1v) is 6.45. The second kappa shape index (κ2) is 4.37. The molecule has 2 aliphatic rings. The standard InChI is InChI=1S/C14H18N2O2/c1-10-2-3-12-11(8-10)14(4-6-15-7-5-14)18-13(9-17)16-12/h2-3,8-9,13,15-16H,4-7H2,1H3. The molecule has 1 aromatic rings. The van der Waals surface area contributed by atoms with Gasteiger partial charge in [-0.1, -0.05) is 17.7 Å². The third kappa shape index (κ3) is 1.82. The van der Waals surface area contributed by atoms with E-state index in [1.165, 1.54) is 11.1 Å². The van der Waals surface area contributed by atoms with Crippen molar-refractivity contribution >= 4 is 12.0 Å². The maximum Gasteiger partial charge on any atom is 0.185 e. The molecule has 1 fully saturated rings. The lowest BCUT2D eigenvalue weighted by Gasteiger charge is -2.44. The summed E-state index contributed by atoms with van der Waals surface area (Å²) in [6, 6.07) is 6.29. The number of piperidine rings is 1. The SMILES string of the molecule is Cc1ccc2c(c1)C1(CCNCC1)OC(C=O)N2. The van der Waals surface area contributed by atoms with Gasteiger partial charge in [0, 0.05) is 11.3 Å². The number of nitrogens with one attached hydrogen (secondary N) is 2. The highest BCUT2D eigenvalue weighted by molar-refractivity contribution is 5.67. The lowest BCUT2D eigenvalue weighted by Crippen LogP contribution is -2.49. The molecule has 4 nitrogen and oxygen atoms in total. The summed E-state index contributed by atoms with van der Waals surface area (Å²) in [7, 11) is 0. The molecule has 4 heteroatoms. The van der Waals surface area contributed by atoms with E-state index in [1.54, 1.807) is 0 Å². The number of rotatable bonds is 1. The van der Waals surface area contributed by atoms with E-state index in [0.29, 0.717) is 0 Å². The van der Waals surface area contributed by atoms with Crippen molar-refractivity contribution in [3.63, 3.8) is 0 Å². The maximum atomic E-state index is 11.1. The van der Waals surface area contributed by atoms with Crippen molar-refractivity contribution in [3.8, 4) is 0 Å². The molecule has 96 valence electrons. The summed E-state index contributed by atoms with van der Waals surface area (Å²) >= 11 is 0. The molecule has 2 heterocycles. The number of hydrogen-bond acceptors (Lipinski definition) is 4. The first-order chi connectivity index (χ1) is 8.73. The maximum absolute atomic E-state index is 11.1. The third-order valence-corrected chi connectivity index (χ3v) is 3.85. The van der Waals surface area contributed by atoms with Crippen molar-refractivity contribution in [2.24, 2.45) is 0 Å². The summed E-state index contributed by atoms with van der Waals surface area (Å²) in [5, 5.41) is 6.48. The van der Waals surface area contributed by atoms with Crippen molar-refractivity contribution in [2.75, 3.05) is 18.4 Å². The van der Waals surface area contributed by atoms with Gasteiger partial charge in [-0.2, -0.15) is 0 Å². The zero-order valence-corrected chi connectivity index (χ0v) is 10.5. The number of hydrogen-bond donors (Lipinski definition) is 2. The molecule has 0 aromatic heterocycles. The summed E-state index contributed by atoms with van der Waals surface area (Å²) in [5.74, 6) is 0. The van der Waals surface area contributed by atoms with Gasteiger partial charge in [-0.25, -0.2) is 0 Å². The van der Waals surface area contributed by atoms with Crippen LogP contribution in [0.1, 0.15) is 24.0 Å². The summed E-state index contributed by atoms with van der Waals surface area (Å²) in [6.07, 6.45) is 2.13. The van der Waals surface area contributed by atoms with Gasteiger partial charge in [0.25, 0.3) is 0 Å². The zero-order valence-electron chi connectivity index (χ0n) is 10.5. The third-order valence-electron chi connectivity index (χ3n) is 3.85. The van der Waals surface area contributed by atoms with Crippen LogP contribution in [0.5, 0.6) is 0 Å². The van der Waals surface area contributed by atoms with Crippen LogP contribution in [-0.2, 0) is 15.1 Å². The van der Waals surface area contributed by atoms with Crippen LogP contribution in [-0.4, -0.2) is 25.6 Å². The monoisotopic (exact) mass is 246 g/mol. The first kappa shape index (κ1) is 11.7. The van der Waals surface area contributed by atoms with E-state index in [9.17, 15) is 4.79 Å². The first-order valence-electron chi connectivity index (χ1n) is 6.45. The Bertz CT molecular complexity index is 467. The molecular weight excluding hydrogens is 228 g/mol. The van der Waals surface area contributed by atoms with E-state index < -0.39 is 6.23 Å². The molecular formula is C14H18N2O2. The Morgan fingerprint density at radius 2 is 2.17 bits per heavy atom. The lowest BCUT2D eigenvalue weighted by atomic mass is 9.82. The Balaban J connectivity index is 2.08. The van der Waals surface area contributed by atoms with Crippen molar-refractivity contribution in [1.29, 1.82) is 0 Å². The number of fused-ring (bicyclic) bond motifs is 2. The molecule has 1 spiro atoms. The van der Waals surface area contributed by atoms with Crippen molar-refractivity contribution in [2.45, 2.75) is 31.6 Å². The second-order valence-corrected chi connectivity index (χ2v) is 5.11. The van der Waals surface area contributed by atoms with E-state index in [1.807, 2.05) is 6.07 Å². The molecule has 3 rings (SSSR count). The average Bonchev–Trinajstić information content (AvgIpc) is 2.40. The van der Waals surface area contributed by atoms with Gasteiger partial charge in [0.05, 0.1) is 0 Å². The number of aldehydes is 1. The minimum absolute atomic E-state index is 0.302. The molecule has 1 unspecified atom stereocenters. The number of carbonyl (C=O) groups is 1. The number of aryl methyl sites for hydroxylation is 1. The topological polar surface area (TPSA) is 50.4 Å². The zero-order chi connectivity index (χ0) is 12.6. The number of carbonyl (C=O) groups excluding carboxylic acids is 1. The summed E-state index contributed by atoms with van der Waals surface area (Å²) in [6.45, 7) is 3.94. The van der Waals surface area contributed by atoms with Crippen LogP contribution in [0.15, 0.2) is 18.2 Å². The second-order valence-electron chi connectivity index (χ2n) is 5.11. The smallest absolute Gasteiger partial charge is 0.185 e. The molecule has 1 aromatic carbocycles. The summed E-state index contributed by atoms with van der Waals surface area (Å²) in [5.41, 5.74) is 3.15. The Morgan fingerprint density at radius 1 is 1.39 bits per heavy atom. The van der Waals surface area contributed by atoms with Gasteiger partial charge in [0.1, 0.15) is 5.60 Å². The van der Waals surface area contributed by atoms with E-state index in [4.69, 9.17) is 4.74 Å². The Labute approximate surface area is 107 Å². The molecule has 1 saturated heterocycles. The lowest BCUT2D eigenvalue weighted by molar-refractivity contribution is -0.139. The predicted molar refractivity (Wildman–Crippen MR) is 69.5 cm³/mol. The Kier molecular flexibility index (Phi) is 2.84. The highest BCUT2D eigenvalue weighted by Gasteiger charge is 2.42. The molecule has 2 N–H and O–H groups in total. The Morgan fingerprint density at radius 3 is 2.89 bits per heavy atom. The number of ether oxygens (including phenoxy) is 1. The molecule has 18 heavy (non-hydrogen) atoms. The van der Waals surface area contributed by atoms with Crippen LogP contribution in [0.3, 0.4) is 0 Å². The normalized spacial score (nSPS) is 25.3. The van der Waals surface area contributed by atoms with Crippen LogP contribution in [0, 0.1) is 6.92 Å². The van der Waals surface area contributed by atoms with Gasteiger partial charge >= 0.3 is 0 Å². The van der Waals surface area contributed by atoms with Gasteiger partial charge in [-0.05, 0) is 38.9 Å². The van der Waals surface area contributed by atoms with Gasteiger partial charge in [0.15, 0.2) is 12.5 Å². The highest BCUT2D eigenvalue weighted by atomic mass is 16.5. The highest BCUT2D eigenvalue weighted by Crippen LogP contribution is 2.43. The molecule has 0 amide bonds. The predicted octanol–water partition coefficient (Wildman–Crippen LogP) is 1.54. The van der Waals surface area contributed by atoms with E-state index in [-0.39, 0.29) is 5.60 Å². The van der Waals surface area contributed by atoms with Crippen LogP contribution < -0.4 is 10.6 Å². The molecule has 0 bridgehead atoms. The largest absolute Gasteiger partial charge is 0.354 e. The minimum Gasteiger partial charge on any atom is -0.354 e. The van der Waals surface area contributed by atoms with Gasteiger partial charge in [-0.15, -0.1) is 0 Å². The van der Waals surface area contributed by atoms with E-state index >= 15 is 0 Å². The fourth-order valence-electron chi connectivity index (χ4n) is 2.93.